The molecule has 0 spiro atoms. The summed E-state index contributed by atoms with van der Waals surface area (Å²) in [7, 11) is 1.50. The lowest BCUT2D eigenvalue weighted by Gasteiger charge is -2.10. The first-order valence-corrected chi connectivity index (χ1v) is 6.32. The van der Waals surface area contributed by atoms with Crippen molar-refractivity contribution in [3.05, 3.63) is 35.5 Å². The van der Waals surface area contributed by atoms with Crippen molar-refractivity contribution in [2.24, 2.45) is 0 Å². The number of carbonyl (C=O) groups excluding carboxylic acids is 1. The van der Waals surface area contributed by atoms with Gasteiger partial charge in [0, 0.05) is 17.4 Å². The molecule has 6 heteroatoms. The van der Waals surface area contributed by atoms with Gasteiger partial charge in [0.25, 0.3) is 5.91 Å². The van der Waals surface area contributed by atoms with E-state index in [1.807, 2.05) is 13.8 Å². The van der Waals surface area contributed by atoms with E-state index in [-0.39, 0.29) is 5.91 Å². The Hall–Kier alpha value is -2.50. The molecule has 0 aliphatic heterocycles. The molecule has 2 rings (SSSR count). The first kappa shape index (κ1) is 13.9. The van der Waals surface area contributed by atoms with Gasteiger partial charge < -0.3 is 15.8 Å². The number of aromatic amines is 1. The number of nitrogens with one attached hydrogen (secondary N) is 2. The van der Waals surface area contributed by atoms with Crippen LogP contribution in [-0.2, 0) is 0 Å². The minimum atomic E-state index is -0.346. The molecule has 0 radical (unpaired) electrons. The minimum absolute atomic E-state index is 0.309. The Labute approximate surface area is 117 Å². The van der Waals surface area contributed by atoms with E-state index in [0.29, 0.717) is 28.7 Å². The molecule has 0 unspecified atom stereocenters. The molecule has 0 atom stereocenters. The Bertz CT molecular complexity index is 619. The summed E-state index contributed by atoms with van der Waals surface area (Å²) >= 11 is 0. The third kappa shape index (κ3) is 2.74. The number of anilines is 2. The van der Waals surface area contributed by atoms with Crippen molar-refractivity contribution in [2.45, 2.75) is 19.8 Å². The summed E-state index contributed by atoms with van der Waals surface area (Å²) in [6, 6.07) is 6.88. The van der Waals surface area contributed by atoms with Crippen LogP contribution in [0.25, 0.3) is 0 Å². The van der Waals surface area contributed by atoms with Crippen molar-refractivity contribution in [2.75, 3.05) is 18.2 Å². The molecule has 2 aromatic rings. The maximum atomic E-state index is 12.3. The van der Waals surface area contributed by atoms with Crippen LogP contribution in [0.2, 0.25) is 0 Å². The van der Waals surface area contributed by atoms with E-state index in [9.17, 15) is 4.79 Å². The van der Waals surface area contributed by atoms with E-state index < -0.39 is 0 Å². The second-order valence-corrected chi connectivity index (χ2v) is 4.74. The molecule has 0 fully saturated rings. The van der Waals surface area contributed by atoms with Gasteiger partial charge in [-0.05, 0) is 18.1 Å². The molecule has 1 aromatic heterocycles. The number of ether oxygens (including phenoxy) is 1. The summed E-state index contributed by atoms with van der Waals surface area (Å²) in [5.74, 6) is 0.859. The normalized spacial score (nSPS) is 10.6. The van der Waals surface area contributed by atoms with Crippen molar-refractivity contribution < 1.29 is 9.53 Å². The van der Waals surface area contributed by atoms with Gasteiger partial charge in [0.2, 0.25) is 0 Å². The second-order valence-electron chi connectivity index (χ2n) is 4.74. The molecule has 20 heavy (non-hydrogen) atoms. The number of amides is 1. The number of carbonyl (C=O) groups is 1. The van der Waals surface area contributed by atoms with E-state index in [1.54, 1.807) is 24.3 Å². The molecule has 1 amide bonds. The second kappa shape index (κ2) is 5.64. The number of methoxy groups -OCH3 is 1. The number of hydrogen-bond donors (Lipinski definition) is 3. The molecular weight excluding hydrogens is 256 g/mol. The first-order chi connectivity index (χ1) is 9.52. The number of hydrogen-bond acceptors (Lipinski definition) is 4. The maximum Gasteiger partial charge on any atom is 0.262 e. The highest BCUT2D eigenvalue weighted by Gasteiger charge is 2.17. The van der Waals surface area contributed by atoms with Crippen molar-refractivity contribution in [1.29, 1.82) is 0 Å². The van der Waals surface area contributed by atoms with Crippen molar-refractivity contribution in [3.63, 3.8) is 0 Å². The van der Waals surface area contributed by atoms with Crippen LogP contribution < -0.4 is 15.8 Å². The fourth-order valence-corrected chi connectivity index (χ4v) is 1.84. The van der Waals surface area contributed by atoms with Crippen LogP contribution in [0, 0.1) is 0 Å². The van der Waals surface area contributed by atoms with Gasteiger partial charge in [0.15, 0.2) is 5.82 Å². The average molecular weight is 274 g/mol. The quantitative estimate of drug-likeness (QED) is 0.746. The van der Waals surface area contributed by atoms with E-state index >= 15 is 0 Å². The smallest absolute Gasteiger partial charge is 0.262 e. The lowest BCUT2D eigenvalue weighted by atomic mass is 10.1. The highest BCUT2D eigenvalue weighted by atomic mass is 16.5. The number of H-pyrrole nitrogens is 1. The van der Waals surface area contributed by atoms with Crippen molar-refractivity contribution in [1.82, 2.24) is 10.2 Å². The predicted molar refractivity (Wildman–Crippen MR) is 78.0 cm³/mol. The molecule has 4 N–H and O–H groups in total. The summed E-state index contributed by atoms with van der Waals surface area (Å²) in [5, 5.41) is 9.64. The summed E-state index contributed by atoms with van der Waals surface area (Å²) in [4.78, 5) is 12.3. The van der Waals surface area contributed by atoms with Crippen molar-refractivity contribution >= 4 is 17.4 Å². The zero-order valence-corrected chi connectivity index (χ0v) is 11.7. The summed E-state index contributed by atoms with van der Waals surface area (Å²) in [6.45, 7) is 4.08. The van der Waals surface area contributed by atoms with Gasteiger partial charge in [-0.15, -0.1) is 0 Å². The highest BCUT2D eigenvalue weighted by molar-refractivity contribution is 6.09. The molecule has 0 bridgehead atoms. The fraction of sp³-hybridized carbons (Fsp3) is 0.286. The number of nitrogens with zero attached hydrogens (tertiary/aromatic N) is 1. The van der Waals surface area contributed by atoms with E-state index in [1.165, 1.54) is 7.11 Å². The van der Waals surface area contributed by atoms with Crippen LogP contribution >= 0.6 is 0 Å². The number of aromatic nitrogens is 2. The lowest BCUT2D eigenvalue weighted by Crippen LogP contribution is -2.15. The Morgan fingerprint density at radius 1 is 1.45 bits per heavy atom. The van der Waals surface area contributed by atoms with E-state index in [4.69, 9.17) is 10.5 Å². The van der Waals surface area contributed by atoms with Crippen LogP contribution in [0.3, 0.4) is 0 Å². The molecule has 0 saturated carbocycles. The topological polar surface area (TPSA) is 93.0 Å². The Balaban J connectivity index is 2.23. The van der Waals surface area contributed by atoms with E-state index in [0.717, 1.165) is 5.69 Å². The lowest BCUT2D eigenvalue weighted by molar-refractivity contribution is 0.102. The van der Waals surface area contributed by atoms with Crippen molar-refractivity contribution in [3.8, 4) is 5.75 Å². The third-order valence-corrected chi connectivity index (χ3v) is 2.97. The zero-order valence-electron chi connectivity index (χ0n) is 11.7. The molecule has 106 valence electrons. The van der Waals surface area contributed by atoms with Crippen LogP contribution in [-0.4, -0.2) is 23.2 Å². The van der Waals surface area contributed by atoms with E-state index in [2.05, 4.69) is 15.5 Å². The Morgan fingerprint density at radius 2 is 2.20 bits per heavy atom. The minimum Gasteiger partial charge on any atom is -0.496 e. The average Bonchev–Trinajstić information content (AvgIpc) is 2.86. The van der Waals surface area contributed by atoms with Crippen LogP contribution in [0.5, 0.6) is 5.75 Å². The molecule has 1 heterocycles. The Kier molecular flexibility index (Phi) is 3.93. The number of nitrogen functional groups attached to an aromatic ring is 1. The van der Waals surface area contributed by atoms with Crippen LogP contribution in [0.15, 0.2) is 24.3 Å². The van der Waals surface area contributed by atoms with Crippen LogP contribution in [0.4, 0.5) is 11.5 Å². The monoisotopic (exact) mass is 274 g/mol. The largest absolute Gasteiger partial charge is 0.496 e. The van der Waals surface area contributed by atoms with Gasteiger partial charge in [-0.3, -0.25) is 9.89 Å². The summed E-state index contributed by atoms with van der Waals surface area (Å²) in [5.41, 5.74) is 7.46. The number of rotatable bonds is 4. The molecule has 0 aliphatic rings. The van der Waals surface area contributed by atoms with Gasteiger partial charge in [0.1, 0.15) is 11.3 Å². The molecule has 0 aliphatic carbocycles. The van der Waals surface area contributed by atoms with Gasteiger partial charge in [-0.2, -0.15) is 5.10 Å². The summed E-state index contributed by atoms with van der Waals surface area (Å²) < 4.78 is 5.16. The maximum absolute atomic E-state index is 12.3. The fourth-order valence-electron chi connectivity index (χ4n) is 1.84. The molecular formula is C14H18N4O2. The highest BCUT2D eigenvalue weighted by Crippen LogP contribution is 2.25. The molecule has 0 saturated heterocycles. The summed E-state index contributed by atoms with van der Waals surface area (Å²) in [6.07, 6.45) is 0. The van der Waals surface area contributed by atoms with Gasteiger partial charge in [-0.1, -0.05) is 19.9 Å². The van der Waals surface area contributed by atoms with Gasteiger partial charge >= 0.3 is 0 Å². The van der Waals surface area contributed by atoms with Gasteiger partial charge in [-0.25, -0.2) is 0 Å². The Morgan fingerprint density at radius 3 is 2.80 bits per heavy atom. The standard InChI is InChI=1S/C14H18N4O2/c1-8(2)10-7-12(18-17-10)16-14(19)13-9(15)5-4-6-11(13)20-3/h4-8H,15H2,1-3H3,(H2,16,17,18,19). The number of nitrogens with two attached hydrogens (primary N) is 1. The zero-order chi connectivity index (χ0) is 14.7. The predicted octanol–water partition coefficient (Wildman–Crippen LogP) is 2.38. The number of benzene rings is 1. The SMILES string of the molecule is COc1cccc(N)c1C(=O)Nc1cc(C(C)C)[nH]n1. The molecule has 1 aromatic carbocycles. The third-order valence-electron chi connectivity index (χ3n) is 2.97. The first-order valence-electron chi connectivity index (χ1n) is 6.32. The van der Waals surface area contributed by atoms with Gasteiger partial charge in [0.05, 0.1) is 7.11 Å². The molecule has 6 nitrogen and oxygen atoms in total. The van der Waals surface area contributed by atoms with Crippen LogP contribution in [0.1, 0.15) is 35.8 Å².